The molecule has 0 saturated heterocycles. The van der Waals surface area contributed by atoms with E-state index in [2.05, 4.69) is 26.2 Å². The third-order valence-corrected chi connectivity index (χ3v) is 4.86. The third kappa shape index (κ3) is 3.09. The molecule has 0 aliphatic heterocycles. The normalized spacial score (nSPS) is 11.3. The smallest absolute Gasteiger partial charge is 0.282 e. The van der Waals surface area contributed by atoms with Crippen LogP contribution in [0.3, 0.4) is 0 Å². The predicted octanol–water partition coefficient (Wildman–Crippen LogP) is 1.41. The fraction of sp³-hybridized carbons (Fsp3) is 0.0833. The molecule has 0 saturated carbocycles. The first kappa shape index (κ1) is 14.8. The van der Waals surface area contributed by atoms with Crippen LogP contribution in [0.25, 0.3) is 0 Å². The molecule has 1 heterocycles. The quantitative estimate of drug-likeness (QED) is 0.811. The van der Waals surface area contributed by atoms with Crippen molar-refractivity contribution in [2.45, 2.75) is 4.90 Å². The molecule has 6 nitrogen and oxygen atoms in total. The fourth-order valence-electron chi connectivity index (χ4n) is 1.59. The number of aromatic nitrogens is 1. The number of sulfonamides is 1. The zero-order valence-electron chi connectivity index (χ0n) is 10.5. The molecule has 2 N–H and O–H groups in total. The van der Waals surface area contributed by atoms with Crippen LogP contribution in [0.5, 0.6) is 0 Å². The molecule has 0 fully saturated rings. The first-order chi connectivity index (χ1) is 9.42. The van der Waals surface area contributed by atoms with E-state index in [9.17, 15) is 13.2 Å². The molecular formula is C12H12BrN3O3S. The van der Waals surface area contributed by atoms with Gasteiger partial charge in [0.05, 0.1) is 4.90 Å². The lowest BCUT2D eigenvalue weighted by Gasteiger charge is -2.10. The number of amides is 1. The number of carbonyl (C=O) groups is 1. The second-order valence-corrected chi connectivity index (χ2v) is 6.50. The van der Waals surface area contributed by atoms with Crippen molar-refractivity contribution < 1.29 is 13.2 Å². The van der Waals surface area contributed by atoms with Gasteiger partial charge in [0.2, 0.25) is 0 Å². The van der Waals surface area contributed by atoms with E-state index < -0.39 is 15.9 Å². The second kappa shape index (κ2) is 5.78. The molecule has 106 valence electrons. The summed E-state index contributed by atoms with van der Waals surface area (Å²) in [5.41, 5.74) is 2.52. The maximum atomic E-state index is 12.0. The number of halogens is 1. The van der Waals surface area contributed by atoms with Gasteiger partial charge in [0.15, 0.2) is 0 Å². The number of hydrogen-bond donors (Lipinski definition) is 2. The van der Waals surface area contributed by atoms with Crippen LogP contribution >= 0.6 is 15.9 Å². The van der Waals surface area contributed by atoms with E-state index in [1.807, 2.05) is 0 Å². The highest BCUT2D eigenvalue weighted by Gasteiger charge is 2.18. The average molecular weight is 358 g/mol. The number of nitrogens with one attached hydrogen (secondary N) is 2. The van der Waals surface area contributed by atoms with Crippen LogP contribution in [0.4, 0.5) is 0 Å². The van der Waals surface area contributed by atoms with Gasteiger partial charge in [-0.2, -0.15) is 0 Å². The maximum Gasteiger partial charge on any atom is 0.282 e. The van der Waals surface area contributed by atoms with Crippen LogP contribution in [-0.2, 0) is 17.1 Å². The predicted molar refractivity (Wildman–Crippen MR) is 77.3 cm³/mol. The Morgan fingerprint density at radius 2 is 1.90 bits per heavy atom. The Morgan fingerprint density at radius 1 is 1.20 bits per heavy atom. The van der Waals surface area contributed by atoms with Crippen molar-refractivity contribution >= 4 is 31.9 Å². The molecule has 0 atom stereocenters. The van der Waals surface area contributed by atoms with Crippen LogP contribution in [-0.4, -0.2) is 18.9 Å². The van der Waals surface area contributed by atoms with Crippen molar-refractivity contribution in [3.05, 3.63) is 52.8 Å². The summed E-state index contributed by atoms with van der Waals surface area (Å²) in [4.78, 5) is 13.9. The molecular weight excluding hydrogens is 346 g/mol. The van der Waals surface area contributed by atoms with Gasteiger partial charge < -0.3 is 4.57 Å². The highest BCUT2D eigenvalue weighted by molar-refractivity contribution is 9.10. The van der Waals surface area contributed by atoms with E-state index in [-0.39, 0.29) is 4.90 Å². The van der Waals surface area contributed by atoms with E-state index in [0.29, 0.717) is 10.2 Å². The summed E-state index contributed by atoms with van der Waals surface area (Å²) in [6.07, 6.45) is 1.69. The summed E-state index contributed by atoms with van der Waals surface area (Å²) in [6, 6.07) is 9.61. The first-order valence-electron chi connectivity index (χ1n) is 5.60. The first-order valence-corrected chi connectivity index (χ1v) is 7.87. The molecule has 8 heteroatoms. The minimum atomic E-state index is -3.83. The molecule has 2 aromatic rings. The zero-order valence-corrected chi connectivity index (χ0v) is 12.9. The number of benzene rings is 1. The lowest BCUT2D eigenvalue weighted by atomic mass is 10.4. The van der Waals surface area contributed by atoms with Crippen molar-refractivity contribution in [1.29, 1.82) is 0 Å². The van der Waals surface area contributed by atoms with Gasteiger partial charge in [-0.25, -0.2) is 8.42 Å². The van der Waals surface area contributed by atoms with E-state index in [4.69, 9.17) is 0 Å². The summed E-state index contributed by atoms with van der Waals surface area (Å²) in [6.45, 7) is 0. The van der Waals surface area contributed by atoms with Crippen molar-refractivity contribution in [2.24, 2.45) is 7.05 Å². The molecule has 0 bridgehead atoms. The van der Waals surface area contributed by atoms with Gasteiger partial charge in [0.25, 0.3) is 15.9 Å². The highest BCUT2D eigenvalue weighted by atomic mass is 79.9. The minimum absolute atomic E-state index is 0.0483. The van der Waals surface area contributed by atoms with Crippen molar-refractivity contribution in [3.63, 3.8) is 0 Å². The number of carbonyl (C=O) groups excluding carboxylic acids is 1. The van der Waals surface area contributed by atoms with Gasteiger partial charge >= 0.3 is 0 Å². The summed E-state index contributed by atoms with van der Waals surface area (Å²) < 4.78 is 26.1. The van der Waals surface area contributed by atoms with Gasteiger partial charge in [0, 0.05) is 17.7 Å². The average Bonchev–Trinajstić information content (AvgIpc) is 2.83. The van der Waals surface area contributed by atoms with Crippen molar-refractivity contribution in [2.75, 3.05) is 0 Å². The molecule has 0 spiro atoms. The fourth-order valence-corrected chi connectivity index (χ4v) is 3.44. The van der Waals surface area contributed by atoms with Crippen LogP contribution in [0.2, 0.25) is 0 Å². The molecule has 1 amide bonds. The van der Waals surface area contributed by atoms with E-state index in [0.717, 1.165) is 0 Å². The highest BCUT2D eigenvalue weighted by Crippen LogP contribution is 2.20. The van der Waals surface area contributed by atoms with Crippen LogP contribution in [0.1, 0.15) is 10.5 Å². The van der Waals surface area contributed by atoms with Gasteiger partial charge in [-0.15, -0.1) is 4.83 Å². The molecule has 0 aliphatic rings. The van der Waals surface area contributed by atoms with Crippen molar-refractivity contribution in [1.82, 2.24) is 14.8 Å². The van der Waals surface area contributed by atoms with Gasteiger partial charge in [-0.05, 0) is 40.2 Å². The Balaban J connectivity index is 2.13. The van der Waals surface area contributed by atoms with Gasteiger partial charge in [-0.1, -0.05) is 12.1 Å². The largest absolute Gasteiger partial charge is 0.347 e. The van der Waals surface area contributed by atoms with E-state index >= 15 is 0 Å². The number of hydrogen-bond acceptors (Lipinski definition) is 3. The molecule has 0 unspecified atom stereocenters. The molecule has 1 aromatic carbocycles. The molecule has 0 radical (unpaired) electrons. The lowest BCUT2D eigenvalue weighted by molar-refractivity contribution is 0.0937. The second-order valence-electron chi connectivity index (χ2n) is 3.99. The minimum Gasteiger partial charge on any atom is -0.347 e. The Labute approximate surface area is 124 Å². The number of aryl methyl sites for hydroxylation is 1. The molecule has 2 rings (SSSR count). The molecule has 1 aromatic heterocycles. The summed E-state index contributed by atoms with van der Waals surface area (Å²) >= 11 is 3.15. The van der Waals surface area contributed by atoms with Crippen LogP contribution < -0.4 is 10.3 Å². The summed E-state index contributed by atoms with van der Waals surface area (Å²) in [5.74, 6) is -0.534. The Hall–Kier alpha value is -1.64. The topological polar surface area (TPSA) is 80.2 Å². The summed E-state index contributed by atoms with van der Waals surface area (Å²) in [5, 5.41) is 0. The Morgan fingerprint density at radius 3 is 2.50 bits per heavy atom. The SMILES string of the molecule is Cn1cccc1C(=O)NNS(=O)(=O)c1ccccc1Br. The Bertz CT molecular complexity index is 740. The Kier molecular flexibility index (Phi) is 4.26. The van der Waals surface area contributed by atoms with E-state index in [1.165, 1.54) is 6.07 Å². The number of nitrogens with zero attached hydrogens (tertiary/aromatic N) is 1. The third-order valence-electron chi connectivity index (χ3n) is 2.60. The zero-order chi connectivity index (χ0) is 14.8. The number of rotatable bonds is 4. The standard InChI is InChI=1S/C12H12BrN3O3S/c1-16-8-4-6-10(16)12(17)14-15-20(18,19)11-7-3-2-5-9(11)13/h2-8,15H,1H3,(H,14,17). The molecule has 20 heavy (non-hydrogen) atoms. The van der Waals surface area contributed by atoms with Crippen LogP contribution in [0, 0.1) is 0 Å². The monoisotopic (exact) mass is 357 g/mol. The van der Waals surface area contributed by atoms with Crippen molar-refractivity contribution in [3.8, 4) is 0 Å². The van der Waals surface area contributed by atoms with Gasteiger partial charge in [-0.3, -0.25) is 10.2 Å². The number of hydrazine groups is 1. The molecule has 0 aliphatic carbocycles. The summed E-state index contributed by atoms with van der Waals surface area (Å²) in [7, 11) is -2.14. The van der Waals surface area contributed by atoms with E-state index in [1.54, 1.807) is 48.1 Å². The maximum absolute atomic E-state index is 12.0. The van der Waals surface area contributed by atoms with Crippen LogP contribution in [0.15, 0.2) is 52.0 Å². The lowest BCUT2D eigenvalue weighted by Crippen LogP contribution is -2.42. The van der Waals surface area contributed by atoms with Gasteiger partial charge in [0.1, 0.15) is 5.69 Å².